The maximum atomic E-state index is 13.5. The van der Waals surface area contributed by atoms with Gasteiger partial charge in [-0.3, -0.25) is 0 Å². The van der Waals surface area contributed by atoms with Gasteiger partial charge in [-0.2, -0.15) is 0 Å². The van der Waals surface area contributed by atoms with Gasteiger partial charge in [-0.15, -0.1) is 0 Å². The van der Waals surface area contributed by atoms with E-state index in [9.17, 15) is 8.78 Å². The average Bonchev–Trinajstić information content (AvgIpc) is 3.10. The molecule has 1 aromatic carbocycles. The lowest BCUT2D eigenvalue weighted by atomic mass is 10.0. The van der Waals surface area contributed by atoms with Crippen LogP contribution >= 0.6 is 0 Å². The van der Waals surface area contributed by atoms with E-state index >= 15 is 0 Å². The molecule has 0 radical (unpaired) electrons. The van der Waals surface area contributed by atoms with Gasteiger partial charge < -0.3 is 5.32 Å². The first-order valence-electron chi connectivity index (χ1n) is 6.25. The molecule has 0 heterocycles. The smallest absolute Gasteiger partial charge is 0.128 e. The first-order chi connectivity index (χ1) is 8.06. The molecule has 1 aromatic rings. The molecule has 0 spiro atoms. The Balaban J connectivity index is 1.99. The van der Waals surface area contributed by atoms with Gasteiger partial charge >= 0.3 is 0 Å². The molecule has 17 heavy (non-hydrogen) atoms. The molecule has 1 aliphatic carbocycles. The van der Waals surface area contributed by atoms with E-state index in [0.29, 0.717) is 11.0 Å². The summed E-state index contributed by atoms with van der Waals surface area (Å²) in [6.45, 7) is 4.95. The first-order valence-corrected chi connectivity index (χ1v) is 6.25. The highest BCUT2D eigenvalue weighted by Gasteiger charge is 2.40. The van der Waals surface area contributed by atoms with Crippen molar-refractivity contribution in [1.29, 1.82) is 0 Å². The van der Waals surface area contributed by atoms with Crippen LogP contribution in [0.1, 0.15) is 44.7 Å². The van der Waals surface area contributed by atoms with Gasteiger partial charge in [0.15, 0.2) is 0 Å². The summed E-state index contributed by atoms with van der Waals surface area (Å²) in [7, 11) is 0. The van der Waals surface area contributed by atoms with Crippen LogP contribution in [0.4, 0.5) is 8.78 Å². The number of nitrogens with one attached hydrogen (secondary N) is 1. The standard InChI is InChI=1S/C14H19F2N/c1-3-14(6-7-14)9-17-10(2)12-8-11(15)4-5-13(12)16/h4-5,8,10,17H,3,6-7,9H2,1-2H3. The van der Waals surface area contributed by atoms with Crippen molar-refractivity contribution >= 4 is 0 Å². The maximum absolute atomic E-state index is 13.5. The van der Waals surface area contributed by atoms with Crippen molar-refractivity contribution in [2.24, 2.45) is 5.41 Å². The predicted molar refractivity (Wildman–Crippen MR) is 64.7 cm³/mol. The molecule has 0 aromatic heterocycles. The molecular formula is C14H19F2N. The predicted octanol–water partition coefficient (Wildman–Crippen LogP) is 3.81. The summed E-state index contributed by atoms with van der Waals surface area (Å²) in [5.74, 6) is -0.723. The van der Waals surface area contributed by atoms with Crippen LogP contribution in [-0.4, -0.2) is 6.54 Å². The van der Waals surface area contributed by atoms with Gasteiger partial charge in [0.1, 0.15) is 11.6 Å². The van der Waals surface area contributed by atoms with Crippen molar-refractivity contribution in [3.63, 3.8) is 0 Å². The molecule has 94 valence electrons. The molecule has 1 nitrogen and oxygen atoms in total. The summed E-state index contributed by atoms with van der Waals surface area (Å²) in [5.41, 5.74) is 0.829. The third-order valence-corrected chi connectivity index (χ3v) is 3.91. The Bertz CT molecular complexity index is 399. The molecule has 1 atom stereocenters. The quantitative estimate of drug-likeness (QED) is 0.824. The van der Waals surface area contributed by atoms with Crippen LogP contribution in [0, 0.1) is 17.0 Å². The summed E-state index contributed by atoms with van der Waals surface area (Å²) in [6, 6.07) is 3.48. The van der Waals surface area contributed by atoms with Crippen LogP contribution in [0.25, 0.3) is 0 Å². The second-order valence-corrected chi connectivity index (χ2v) is 5.12. The SMILES string of the molecule is CCC1(CNC(C)c2cc(F)ccc2F)CC1. The molecule has 0 amide bonds. The summed E-state index contributed by atoms with van der Waals surface area (Å²) in [6.07, 6.45) is 3.64. The van der Waals surface area contributed by atoms with Crippen LogP contribution in [0.5, 0.6) is 0 Å². The number of benzene rings is 1. The second kappa shape index (κ2) is 4.73. The highest BCUT2D eigenvalue weighted by molar-refractivity contribution is 5.21. The average molecular weight is 239 g/mol. The van der Waals surface area contributed by atoms with E-state index in [0.717, 1.165) is 19.0 Å². The van der Waals surface area contributed by atoms with Crippen molar-refractivity contribution in [1.82, 2.24) is 5.32 Å². The highest BCUT2D eigenvalue weighted by atomic mass is 19.1. The van der Waals surface area contributed by atoms with Crippen LogP contribution < -0.4 is 5.32 Å². The zero-order chi connectivity index (χ0) is 12.5. The molecule has 1 saturated carbocycles. The molecule has 1 fully saturated rings. The third kappa shape index (κ3) is 2.83. The molecule has 0 aliphatic heterocycles. The van der Waals surface area contributed by atoms with E-state index in [2.05, 4.69) is 12.2 Å². The maximum Gasteiger partial charge on any atom is 0.128 e. The van der Waals surface area contributed by atoms with Gasteiger partial charge in [0.25, 0.3) is 0 Å². The Morgan fingerprint density at radius 3 is 2.65 bits per heavy atom. The van der Waals surface area contributed by atoms with Crippen molar-refractivity contribution in [3.8, 4) is 0 Å². The van der Waals surface area contributed by atoms with Crippen molar-refractivity contribution in [2.45, 2.75) is 39.2 Å². The van der Waals surface area contributed by atoms with E-state index in [1.54, 1.807) is 0 Å². The molecule has 1 aliphatic rings. The summed E-state index contributed by atoms with van der Waals surface area (Å²) < 4.78 is 26.6. The van der Waals surface area contributed by atoms with Gasteiger partial charge in [0, 0.05) is 18.2 Å². The van der Waals surface area contributed by atoms with E-state index in [1.165, 1.54) is 25.0 Å². The summed E-state index contributed by atoms with van der Waals surface area (Å²) >= 11 is 0. The molecule has 0 bridgehead atoms. The van der Waals surface area contributed by atoms with Gasteiger partial charge in [0.05, 0.1) is 0 Å². The van der Waals surface area contributed by atoms with E-state index < -0.39 is 0 Å². The normalized spacial score (nSPS) is 19.1. The van der Waals surface area contributed by atoms with E-state index in [1.807, 2.05) is 6.92 Å². The van der Waals surface area contributed by atoms with Gasteiger partial charge in [0.2, 0.25) is 0 Å². The van der Waals surface area contributed by atoms with Crippen LogP contribution in [-0.2, 0) is 0 Å². The molecule has 1 N–H and O–H groups in total. The number of hydrogen-bond donors (Lipinski definition) is 1. The van der Waals surface area contributed by atoms with Crippen molar-refractivity contribution in [3.05, 3.63) is 35.4 Å². The van der Waals surface area contributed by atoms with Crippen molar-refractivity contribution < 1.29 is 8.78 Å². The number of rotatable bonds is 5. The lowest BCUT2D eigenvalue weighted by Crippen LogP contribution is -2.27. The minimum absolute atomic E-state index is 0.144. The first kappa shape index (κ1) is 12.5. The topological polar surface area (TPSA) is 12.0 Å². The third-order valence-electron chi connectivity index (χ3n) is 3.91. The zero-order valence-electron chi connectivity index (χ0n) is 10.4. The number of hydrogen-bond acceptors (Lipinski definition) is 1. The Labute approximate surface area is 101 Å². The molecule has 0 saturated heterocycles. The summed E-state index contributed by atoms with van der Waals surface area (Å²) in [4.78, 5) is 0. The Morgan fingerprint density at radius 1 is 1.35 bits per heavy atom. The van der Waals surface area contributed by atoms with Gasteiger partial charge in [-0.1, -0.05) is 6.92 Å². The fourth-order valence-corrected chi connectivity index (χ4v) is 2.16. The van der Waals surface area contributed by atoms with Gasteiger partial charge in [-0.05, 0) is 49.8 Å². The van der Waals surface area contributed by atoms with Crippen molar-refractivity contribution in [2.75, 3.05) is 6.54 Å². The number of halogens is 2. The monoisotopic (exact) mass is 239 g/mol. The minimum Gasteiger partial charge on any atom is -0.310 e. The fraction of sp³-hybridized carbons (Fsp3) is 0.571. The van der Waals surface area contributed by atoms with Crippen LogP contribution in [0.2, 0.25) is 0 Å². The van der Waals surface area contributed by atoms with Crippen LogP contribution in [0.3, 0.4) is 0 Å². The molecule has 3 heteroatoms. The Hall–Kier alpha value is -0.960. The lowest BCUT2D eigenvalue weighted by Gasteiger charge is -2.19. The minimum atomic E-state index is -0.383. The van der Waals surface area contributed by atoms with Crippen LogP contribution in [0.15, 0.2) is 18.2 Å². The second-order valence-electron chi connectivity index (χ2n) is 5.12. The zero-order valence-corrected chi connectivity index (χ0v) is 10.4. The largest absolute Gasteiger partial charge is 0.310 e. The highest BCUT2D eigenvalue weighted by Crippen LogP contribution is 2.48. The van der Waals surface area contributed by atoms with Gasteiger partial charge in [-0.25, -0.2) is 8.78 Å². The summed E-state index contributed by atoms with van der Waals surface area (Å²) in [5, 5.41) is 3.31. The van der Waals surface area contributed by atoms with E-state index in [-0.39, 0.29) is 17.7 Å². The molecule has 2 rings (SSSR count). The fourth-order valence-electron chi connectivity index (χ4n) is 2.16. The Kier molecular flexibility index (Phi) is 3.48. The Morgan fingerprint density at radius 2 is 2.06 bits per heavy atom. The molecular weight excluding hydrogens is 220 g/mol. The molecule has 1 unspecified atom stereocenters. The lowest BCUT2D eigenvalue weighted by molar-refractivity contribution is 0.408. The van der Waals surface area contributed by atoms with E-state index in [4.69, 9.17) is 0 Å².